The first-order valence-electron chi connectivity index (χ1n) is 6.43. The fraction of sp³-hybridized carbons (Fsp3) is 0.500. The molecule has 0 aliphatic heterocycles. The summed E-state index contributed by atoms with van der Waals surface area (Å²) in [5, 5.41) is 12.5. The smallest absolute Gasteiger partial charge is 0.257 e. The number of carbonyl (C=O) groups is 1. The van der Waals surface area contributed by atoms with Crippen LogP contribution in [0.2, 0.25) is 0 Å². The van der Waals surface area contributed by atoms with Gasteiger partial charge in [-0.3, -0.25) is 4.79 Å². The Morgan fingerprint density at radius 3 is 2.95 bits per heavy atom. The van der Waals surface area contributed by atoms with E-state index < -0.39 is 6.10 Å². The second-order valence-electron chi connectivity index (χ2n) is 4.89. The Balaban J connectivity index is 1.89. The minimum Gasteiger partial charge on any atom is -0.483 e. The monoisotopic (exact) mass is 327 g/mol. The molecule has 0 saturated heterocycles. The summed E-state index contributed by atoms with van der Waals surface area (Å²) in [7, 11) is 0. The molecule has 1 saturated carbocycles. The summed E-state index contributed by atoms with van der Waals surface area (Å²) >= 11 is 3.35. The predicted octanol–water partition coefficient (Wildman–Crippen LogP) is 2.41. The predicted molar refractivity (Wildman–Crippen MR) is 76.0 cm³/mol. The maximum atomic E-state index is 11.6. The minimum atomic E-state index is -0.627. The van der Waals surface area contributed by atoms with Crippen LogP contribution in [-0.2, 0) is 4.79 Å². The van der Waals surface area contributed by atoms with Crippen molar-refractivity contribution in [2.75, 3.05) is 13.2 Å². The number of hydrogen-bond acceptors (Lipinski definition) is 3. The normalized spacial score (nSPS) is 15.9. The highest BCUT2D eigenvalue weighted by Crippen LogP contribution is 2.29. The third-order valence-electron chi connectivity index (χ3n) is 3.07. The number of rotatable bonds is 6. The minimum absolute atomic E-state index is 0.0249. The fourth-order valence-electron chi connectivity index (χ4n) is 1.75. The summed E-state index contributed by atoms with van der Waals surface area (Å²) in [6.45, 7) is 2.39. The van der Waals surface area contributed by atoms with Gasteiger partial charge in [0.2, 0.25) is 0 Å². The molecular weight excluding hydrogens is 310 g/mol. The largest absolute Gasteiger partial charge is 0.483 e. The summed E-state index contributed by atoms with van der Waals surface area (Å²) in [6.07, 6.45) is 1.79. The van der Waals surface area contributed by atoms with E-state index >= 15 is 0 Å². The van der Waals surface area contributed by atoms with Crippen molar-refractivity contribution in [3.63, 3.8) is 0 Å². The molecule has 0 radical (unpaired) electrons. The van der Waals surface area contributed by atoms with Crippen LogP contribution in [0.1, 0.15) is 31.4 Å². The van der Waals surface area contributed by atoms with Gasteiger partial charge in [0.05, 0.1) is 6.10 Å². The van der Waals surface area contributed by atoms with E-state index in [0.717, 1.165) is 11.0 Å². The van der Waals surface area contributed by atoms with Crippen molar-refractivity contribution in [1.29, 1.82) is 0 Å². The first-order chi connectivity index (χ1) is 9.06. The van der Waals surface area contributed by atoms with Crippen LogP contribution < -0.4 is 10.1 Å². The number of benzene rings is 1. The lowest BCUT2D eigenvalue weighted by Crippen LogP contribution is -2.30. The van der Waals surface area contributed by atoms with Crippen LogP contribution in [0.25, 0.3) is 0 Å². The molecule has 1 atom stereocenters. The molecule has 1 aromatic rings. The molecule has 0 aromatic heterocycles. The second-order valence-corrected chi connectivity index (χ2v) is 5.81. The Morgan fingerprint density at radius 1 is 1.58 bits per heavy atom. The van der Waals surface area contributed by atoms with Gasteiger partial charge >= 0.3 is 0 Å². The SMILES string of the molecule is CC(O)c1ccc(Br)cc1OCC(=O)NCC1CC1. The first-order valence-corrected chi connectivity index (χ1v) is 7.22. The van der Waals surface area contributed by atoms with Crippen LogP contribution in [0.3, 0.4) is 0 Å². The maximum Gasteiger partial charge on any atom is 0.257 e. The van der Waals surface area contributed by atoms with Gasteiger partial charge in [-0.05, 0) is 37.8 Å². The lowest BCUT2D eigenvalue weighted by Gasteiger charge is -2.13. The molecule has 4 nitrogen and oxygen atoms in total. The van der Waals surface area contributed by atoms with E-state index in [0.29, 0.717) is 17.2 Å². The van der Waals surface area contributed by atoms with E-state index in [1.807, 2.05) is 6.07 Å². The highest BCUT2D eigenvalue weighted by molar-refractivity contribution is 9.10. The van der Waals surface area contributed by atoms with Crippen molar-refractivity contribution < 1.29 is 14.6 Å². The zero-order valence-electron chi connectivity index (χ0n) is 10.9. The van der Waals surface area contributed by atoms with E-state index in [4.69, 9.17) is 4.74 Å². The van der Waals surface area contributed by atoms with Gasteiger partial charge in [0.1, 0.15) is 5.75 Å². The van der Waals surface area contributed by atoms with Gasteiger partial charge in [0.25, 0.3) is 5.91 Å². The number of ether oxygens (including phenoxy) is 1. The van der Waals surface area contributed by atoms with Gasteiger partial charge in [-0.15, -0.1) is 0 Å². The van der Waals surface area contributed by atoms with Gasteiger partial charge in [-0.2, -0.15) is 0 Å². The molecule has 5 heteroatoms. The molecule has 0 bridgehead atoms. The Bertz CT molecular complexity index is 458. The molecule has 1 aliphatic rings. The lowest BCUT2D eigenvalue weighted by atomic mass is 10.1. The molecule has 104 valence electrons. The van der Waals surface area contributed by atoms with Gasteiger partial charge < -0.3 is 15.2 Å². The van der Waals surface area contributed by atoms with Crippen molar-refractivity contribution >= 4 is 21.8 Å². The highest BCUT2D eigenvalue weighted by Gasteiger charge is 2.21. The summed E-state index contributed by atoms with van der Waals surface area (Å²) in [5.74, 6) is 1.07. The highest BCUT2D eigenvalue weighted by atomic mass is 79.9. The Morgan fingerprint density at radius 2 is 2.32 bits per heavy atom. The van der Waals surface area contributed by atoms with Gasteiger partial charge in [-0.25, -0.2) is 0 Å². The summed E-state index contributed by atoms with van der Waals surface area (Å²) in [5.41, 5.74) is 0.679. The average molecular weight is 328 g/mol. The Kier molecular flexibility index (Phi) is 4.82. The van der Waals surface area contributed by atoms with Crippen molar-refractivity contribution in [3.05, 3.63) is 28.2 Å². The third kappa shape index (κ3) is 4.51. The van der Waals surface area contributed by atoms with E-state index in [1.165, 1.54) is 12.8 Å². The van der Waals surface area contributed by atoms with Crippen molar-refractivity contribution in [3.8, 4) is 5.75 Å². The number of aliphatic hydroxyl groups is 1. The molecule has 2 rings (SSSR count). The molecule has 0 spiro atoms. The van der Waals surface area contributed by atoms with Crippen molar-refractivity contribution in [1.82, 2.24) is 5.32 Å². The van der Waals surface area contributed by atoms with Crippen molar-refractivity contribution in [2.24, 2.45) is 5.92 Å². The van der Waals surface area contributed by atoms with Gasteiger partial charge in [0, 0.05) is 16.6 Å². The van der Waals surface area contributed by atoms with Crippen LogP contribution in [0.4, 0.5) is 0 Å². The summed E-state index contributed by atoms with van der Waals surface area (Å²) in [6, 6.07) is 5.38. The third-order valence-corrected chi connectivity index (χ3v) is 3.56. The van der Waals surface area contributed by atoms with Crippen molar-refractivity contribution in [2.45, 2.75) is 25.9 Å². The van der Waals surface area contributed by atoms with Crippen LogP contribution in [0.5, 0.6) is 5.75 Å². The average Bonchev–Trinajstić information content (AvgIpc) is 3.17. The summed E-state index contributed by atoms with van der Waals surface area (Å²) in [4.78, 5) is 11.6. The number of amides is 1. The van der Waals surface area contributed by atoms with Crippen LogP contribution in [0.15, 0.2) is 22.7 Å². The zero-order valence-corrected chi connectivity index (χ0v) is 12.4. The van der Waals surface area contributed by atoms with Gasteiger partial charge in [-0.1, -0.05) is 22.0 Å². The zero-order chi connectivity index (χ0) is 13.8. The molecule has 1 fully saturated rings. The Hall–Kier alpha value is -1.07. The molecule has 2 N–H and O–H groups in total. The van der Waals surface area contributed by atoms with Gasteiger partial charge in [0.15, 0.2) is 6.61 Å². The molecule has 19 heavy (non-hydrogen) atoms. The maximum absolute atomic E-state index is 11.6. The molecule has 1 amide bonds. The molecule has 1 aliphatic carbocycles. The quantitative estimate of drug-likeness (QED) is 0.843. The second kappa shape index (κ2) is 6.39. The number of nitrogens with one attached hydrogen (secondary N) is 1. The number of carbonyl (C=O) groups excluding carboxylic acids is 1. The summed E-state index contributed by atoms with van der Waals surface area (Å²) < 4.78 is 6.34. The molecule has 0 heterocycles. The number of hydrogen-bond donors (Lipinski definition) is 2. The van der Waals surface area contributed by atoms with Crippen LogP contribution >= 0.6 is 15.9 Å². The number of halogens is 1. The lowest BCUT2D eigenvalue weighted by molar-refractivity contribution is -0.123. The molecule has 1 unspecified atom stereocenters. The molecular formula is C14H18BrNO3. The van der Waals surface area contributed by atoms with Crippen LogP contribution in [-0.4, -0.2) is 24.2 Å². The Labute approximate surface area is 121 Å². The standard InChI is InChI=1S/C14H18BrNO3/c1-9(17)12-5-4-11(15)6-13(12)19-8-14(18)16-7-10-2-3-10/h4-6,9-10,17H,2-3,7-8H2,1H3,(H,16,18). The van der Waals surface area contributed by atoms with E-state index in [2.05, 4.69) is 21.2 Å². The van der Waals surface area contributed by atoms with E-state index in [9.17, 15) is 9.90 Å². The van der Waals surface area contributed by atoms with E-state index in [-0.39, 0.29) is 12.5 Å². The number of aliphatic hydroxyl groups excluding tert-OH is 1. The molecule has 1 aromatic carbocycles. The fourth-order valence-corrected chi connectivity index (χ4v) is 2.09. The first kappa shape index (κ1) is 14.3. The topological polar surface area (TPSA) is 58.6 Å². The van der Waals surface area contributed by atoms with Crippen LogP contribution in [0, 0.1) is 5.92 Å². The van der Waals surface area contributed by atoms with E-state index in [1.54, 1.807) is 19.1 Å².